The highest BCUT2D eigenvalue weighted by Gasteiger charge is 2.14. The van der Waals surface area contributed by atoms with Gasteiger partial charge in [-0.05, 0) is 42.9 Å². The van der Waals surface area contributed by atoms with Crippen molar-refractivity contribution in [1.82, 2.24) is 4.90 Å². The molecule has 0 saturated carbocycles. The van der Waals surface area contributed by atoms with E-state index >= 15 is 0 Å². The molecular weight excluding hydrogens is 283 g/mol. The lowest BCUT2D eigenvalue weighted by Crippen LogP contribution is -2.18. The van der Waals surface area contributed by atoms with Crippen molar-refractivity contribution in [3.63, 3.8) is 0 Å². The van der Waals surface area contributed by atoms with Crippen LogP contribution in [0.4, 0.5) is 4.39 Å². The molecule has 1 heterocycles. The van der Waals surface area contributed by atoms with Crippen molar-refractivity contribution >= 4 is 0 Å². The summed E-state index contributed by atoms with van der Waals surface area (Å²) >= 11 is 0. The van der Waals surface area contributed by atoms with Gasteiger partial charge in [-0.25, -0.2) is 4.39 Å². The predicted octanol–water partition coefficient (Wildman–Crippen LogP) is 3.06. The highest BCUT2D eigenvalue weighted by molar-refractivity contribution is 5.44. The second kappa shape index (κ2) is 6.04. The molecule has 0 saturated heterocycles. The van der Waals surface area contributed by atoms with Crippen LogP contribution in [-0.2, 0) is 13.1 Å². The van der Waals surface area contributed by atoms with Gasteiger partial charge in [0.25, 0.3) is 0 Å². The number of benzene rings is 2. The van der Waals surface area contributed by atoms with Crippen molar-refractivity contribution in [2.75, 3.05) is 13.8 Å². The zero-order valence-corrected chi connectivity index (χ0v) is 12.2. The van der Waals surface area contributed by atoms with E-state index < -0.39 is 0 Å². The van der Waals surface area contributed by atoms with E-state index in [2.05, 4.69) is 0 Å². The molecule has 0 N–H and O–H groups in total. The van der Waals surface area contributed by atoms with Crippen molar-refractivity contribution in [3.05, 3.63) is 58.9 Å². The third-order valence-corrected chi connectivity index (χ3v) is 3.50. The summed E-state index contributed by atoms with van der Waals surface area (Å²) in [6.07, 6.45) is 0. The molecule has 4 nitrogen and oxygen atoms in total. The minimum atomic E-state index is -0.295. The summed E-state index contributed by atoms with van der Waals surface area (Å²) < 4.78 is 24.4. The van der Waals surface area contributed by atoms with E-state index in [4.69, 9.17) is 14.7 Å². The van der Waals surface area contributed by atoms with Gasteiger partial charge in [0.2, 0.25) is 6.79 Å². The number of rotatable bonds is 4. The van der Waals surface area contributed by atoms with E-state index in [-0.39, 0.29) is 12.6 Å². The van der Waals surface area contributed by atoms with E-state index in [9.17, 15) is 4.39 Å². The molecule has 0 amide bonds. The largest absolute Gasteiger partial charge is 0.454 e. The van der Waals surface area contributed by atoms with Crippen molar-refractivity contribution in [2.45, 2.75) is 13.1 Å². The molecule has 112 valence electrons. The van der Waals surface area contributed by atoms with E-state index in [1.54, 1.807) is 6.07 Å². The normalized spacial score (nSPS) is 12.5. The standard InChI is InChI=1S/C17H15FN2O2/c1-20(10-14-6-12(8-19)2-4-15(14)18)9-13-3-5-16-17(7-13)22-11-21-16/h2-7H,9-11H2,1H3. The summed E-state index contributed by atoms with van der Waals surface area (Å²) in [5.74, 6) is 1.19. The van der Waals surface area contributed by atoms with Gasteiger partial charge >= 0.3 is 0 Å². The molecule has 0 atom stereocenters. The summed E-state index contributed by atoms with van der Waals surface area (Å²) in [7, 11) is 1.91. The molecule has 0 fully saturated rings. The lowest BCUT2D eigenvalue weighted by Gasteiger charge is -2.17. The van der Waals surface area contributed by atoms with Gasteiger partial charge in [-0.15, -0.1) is 0 Å². The first-order valence-corrected chi connectivity index (χ1v) is 6.91. The van der Waals surface area contributed by atoms with Gasteiger partial charge in [-0.1, -0.05) is 6.07 Å². The van der Waals surface area contributed by atoms with Gasteiger partial charge in [0.05, 0.1) is 11.6 Å². The summed E-state index contributed by atoms with van der Waals surface area (Å²) in [6.45, 7) is 1.32. The summed E-state index contributed by atoms with van der Waals surface area (Å²) in [4.78, 5) is 1.98. The number of halogens is 1. The molecule has 2 aromatic rings. The van der Waals surface area contributed by atoms with Crippen LogP contribution < -0.4 is 9.47 Å². The maximum absolute atomic E-state index is 13.8. The van der Waals surface area contributed by atoms with Crippen LogP contribution in [0.3, 0.4) is 0 Å². The fourth-order valence-electron chi connectivity index (χ4n) is 2.46. The number of nitriles is 1. The lowest BCUT2D eigenvalue weighted by molar-refractivity contribution is 0.174. The Balaban J connectivity index is 1.70. The fourth-order valence-corrected chi connectivity index (χ4v) is 2.46. The summed E-state index contributed by atoms with van der Waals surface area (Å²) in [5.41, 5.74) is 2.04. The van der Waals surface area contributed by atoms with E-state index in [0.717, 1.165) is 17.1 Å². The Bertz CT molecular complexity index is 740. The van der Waals surface area contributed by atoms with Crippen LogP contribution >= 0.6 is 0 Å². The predicted molar refractivity (Wildman–Crippen MR) is 78.9 cm³/mol. The SMILES string of the molecule is CN(Cc1ccc2c(c1)OCO2)Cc1cc(C#N)ccc1F. The Labute approximate surface area is 128 Å². The molecule has 0 bridgehead atoms. The monoisotopic (exact) mass is 298 g/mol. The molecule has 3 rings (SSSR count). The minimum Gasteiger partial charge on any atom is -0.454 e. The molecule has 1 aliphatic rings. The lowest BCUT2D eigenvalue weighted by atomic mass is 10.1. The van der Waals surface area contributed by atoms with E-state index in [1.165, 1.54) is 12.1 Å². The molecule has 22 heavy (non-hydrogen) atoms. The van der Waals surface area contributed by atoms with Crippen LogP contribution in [0.25, 0.3) is 0 Å². The molecule has 0 aromatic heterocycles. The number of hydrogen-bond donors (Lipinski definition) is 0. The second-order valence-electron chi connectivity index (χ2n) is 5.28. The van der Waals surface area contributed by atoms with Gasteiger partial charge in [0, 0.05) is 18.7 Å². The fraction of sp³-hybridized carbons (Fsp3) is 0.235. The van der Waals surface area contributed by atoms with Crippen LogP contribution in [-0.4, -0.2) is 18.7 Å². The second-order valence-corrected chi connectivity index (χ2v) is 5.28. The Morgan fingerprint density at radius 3 is 2.77 bits per heavy atom. The molecule has 1 aliphatic heterocycles. The Morgan fingerprint density at radius 1 is 1.14 bits per heavy atom. The zero-order chi connectivity index (χ0) is 15.5. The average molecular weight is 298 g/mol. The number of fused-ring (bicyclic) bond motifs is 1. The molecule has 2 aromatic carbocycles. The third kappa shape index (κ3) is 3.02. The number of hydrogen-bond acceptors (Lipinski definition) is 4. The highest BCUT2D eigenvalue weighted by atomic mass is 19.1. The first kappa shape index (κ1) is 14.4. The molecule has 0 aliphatic carbocycles. The van der Waals surface area contributed by atoms with Crippen LogP contribution in [0, 0.1) is 17.1 Å². The number of ether oxygens (including phenoxy) is 2. The van der Waals surface area contributed by atoms with Crippen LogP contribution in [0.15, 0.2) is 36.4 Å². The van der Waals surface area contributed by atoms with Crippen molar-refractivity contribution < 1.29 is 13.9 Å². The van der Waals surface area contributed by atoms with E-state index in [0.29, 0.717) is 24.2 Å². The maximum Gasteiger partial charge on any atom is 0.231 e. The quantitative estimate of drug-likeness (QED) is 0.870. The van der Waals surface area contributed by atoms with Gasteiger partial charge in [-0.2, -0.15) is 5.26 Å². The Hall–Kier alpha value is -2.58. The topological polar surface area (TPSA) is 45.5 Å². The van der Waals surface area contributed by atoms with E-state index in [1.807, 2.05) is 36.2 Å². The smallest absolute Gasteiger partial charge is 0.231 e. The highest BCUT2D eigenvalue weighted by Crippen LogP contribution is 2.32. The minimum absolute atomic E-state index is 0.251. The average Bonchev–Trinajstić information content (AvgIpc) is 2.97. The summed E-state index contributed by atoms with van der Waals surface area (Å²) in [6, 6.07) is 12.2. The van der Waals surface area contributed by atoms with Crippen LogP contribution in [0.5, 0.6) is 11.5 Å². The molecule has 0 unspecified atom stereocenters. The Morgan fingerprint density at radius 2 is 1.95 bits per heavy atom. The first-order valence-electron chi connectivity index (χ1n) is 6.91. The van der Waals surface area contributed by atoms with Crippen molar-refractivity contribution in [3.8, 4) is 17.6 Å². The van der Waals surface area contributed by atoms with Gasteiger partial charge in [0.1, 0.15) is 5.82 Å². The van der Waals surface area contributed by atoms with Crippen LogP contribution in [0.2, 0.25) is 0 Å². The number of nitrogens with zero attached hydrogens (tertiary/aromatic N) is 2. The summed E-state index contributed by atoms with van der Waals surface area (Å²) in [5, 5.41) is 8.90. The molecule has 0 spiro atoms. The van der Waals surface area contributed by atoms with Crippen molar-refractivity contribution in [1.29, 1.82) is 5.26 Å². The maximum atomic E-state index is 13.8. The first-order chi connectivity index (χ1) is 10.7. The third-order valence-electron chi connectivity index (χ3n) is 3.50. The Kier molecular flexibility index (Phi) is 3.94. The molecule has 5 heteroatoms. The van der Waals surface area contributed by atoms with Gasteiger partial charge < -0.3 is 9.47 Å². The zero-order valence-electron chi connectivity index (χ0n) is 12.2. The molecular formula is C17H15FN2O2. The van der Waals surface area contributed by atoms with Gasteiger partial charge in [-0.3, -0.25) is 4.90 Å². The van der Waals surface area contributed by atoms with Gasteiger partial charge in [0.15, 0.2) is 11.5 Å². The van der Waals surface area contributed by atoms with Crippen LogP contribution in [0.1, 0.15) is 16.7 Å². The molecule has 0 radical (unpaired) electrons. The van der Waals surface area contributed by atoms with Crippen molar-refractivity contribution in [2.24, 2.45) is 0 Å².